The standard InChI is InChI=1S/C16H20N4O4.ClH/c1-2-20-15(23)11-4-3-9(5-12(11)19-16(20)24)14(22)18-7-10-6-17-8-13(10)21;/h3-5,10,13,17,21H,2,6-8H2,1H3,(H,18,22)(H,19,24);1H. The van der Waals surface area contributed by atoms with Crippen LogP contribution < -0.4 is 21.9 Å². The first-order valence-electron chi connectivity index (χ1n) is 7.95. The first kappa shape index (κ1) is 19.2. The SMILES string of the molecule is CCn1c(=O)[nH]c2cc(C(=O)NCC3CNCC3O)ccc2c1=O.Cl. The molecular weight excluding hydrogens is 348 g/mol. The predicted octanol–water partition coefficient (Wildman–Crippen LogP) is -0.558. The van der Waals surface area contributed by atoms with E-state index in [0.29, 0.717) is 36.1 Å². The zero-order valence-corrected chi connectivity index (χ0v) is 14.6. The predicted molar refractivity (Wildman–Crippen MR) is 96.5 cm³/mol. The number of aliphatic hydroxyl groups is 1. The van der Waals surface area contributed by atoms with Crippen molar-refractivity contribution < 1.29 is 9.90 Å². The van der Waals surface area contributed by atoms with Crippen molar-refractivity contribution in [3.63, 3.8) is 0 Å². The molecule has 1 aliphatic heterocycles. The summed E-state index contributed by atoms with van der Waals surface area (Å²) in [6, 6.07) is 4.60. The molecule has 1 aromatic carbocycles. The van der Waals surface area contributed by atoms with Crippen LogP contribution in [-0.2, 0) is 6.54 Å². The highest BCUT2D eigenvalue weighted by molar-refractivity contribution is 5.97. The van der Waals surface area contributed by atoms with Gasteiger partial charge < -0.3 is 20.7 Å². The molecule has 9 heteroatoms. The lowest BCUT2D eigenvalue weighted by Crippen LogP contribution is -2.35. The second-order valence-corrected chi connectivity index (χ2v) is 5.94. The van der Waals surface area contributed by atoms with Gasteiger partial charge in [0.15, 0.2) is 0 Å². The number of fused-ring (bicyclic) bond motifs is 1. The first-order valence-corrected chi connectivity index (χ1v) is 7.95. The van der Waals surface area contributed by atoms with Gasteiger partial charge in [-0.25, -0.2) is 4.79 Å². The summed E-state index contributed by atoms with van der Waals surface area (Å²) in [4.78, 5) is 39.0. The Kier molecular flexibility index (Phi) is 5.99. The first-order chi connectivity index (χ1) is 11.5. The third kappa shape index (κ3) is 3.76. The van der Waals surface area contributed by atoms with Crippen LogP contribution in [0.2, 0.25) is 0 Å². The largest absolute Gasteiger partial charge is 0.391 e. The van der Waals surface area contributed by atoms with E-state index in [2.05, 4.69) is 15.6 Å². The van der Waals surface area contributed by atoms with E-state index in [1.54, 1.807) is 19.1 Å². The van der Waals surface area contributed by atoms with Crippen LogP contribution in [-0.4, -0.2) is 46.3 Å². The number of hydrogen-bond donors (Lipinski definition) is 4. The van der Waals surface area contributed by atoms with Gasteiger partial charge in [0.1, 0.15) is 0 Å². The molecule has 1 fully saturated rings. The molecule has 3 rings (SSSR count). The van der Waals surface area contributed by atoms with E-state index in [0.717, 1.165) is 4.57 Å². The molecule has 0 saturated carbocycles. The van der Waals surface area contributed by atoms with Gasteiger partial charge in [-0.2, -0.15) is 0 Å². The lowest BCUT2D eigenvalue weighted by Gasteiger charge is -2.14. The van der Waals surface area contributed by atoms with Crippen molar-refractivity contribution in [1.82, 2.24) is 20.2 Å². The van der Waals surface area contributed by atoms with Crippen molar-refractivity contribution in [3.05, 3.63) is 44.6 Å². The summed E-state index contributed by atoms with van der Waals surface area (Å²) in [5, 5.41) is 15.9. The smallest absolute Gasteiger partial charge is 0.328 e. The summed E-state index contributed by atoms with van der Waals surface area (Å²) in [7, 11) is 0. The maximum Gasteiger partial charge on any atom is 0.328 e. The number of hydrogen-bond acceptors (Lipinski definition) is 5. The van der Waals surface area contributed by atoms with Crippen LogP contribution >= 0.6 is 12.4 Å². The van der Waals surface area contributed by atoms with Crippen molar-refractivity contribution in [3.8, 4) is 0 Å². The minimum absolute atomic E-state index is 0. The van der Waals surface area contributed by atoms with Crippen LogP contribution in [0.4, 0.5) is 0 Å². The third-order valence-electron chi connectivity index (χ3n) is 4.39. The average molecular weight is 369 g/mol. The molecule has 0 aliphatic carbocycles. The summed E-state index contributed by atoms with van der Waals surface area (Å²) in [6.45, 7) is 3.55. The van der Waals surface area contributed by atoms with E-state index >= 15 is 0 Å². The molecule has 0 spiro atoms. The second-order valence-electron chi connectivity index (χ2n) is 5.94. The van der Waals surface area contributed by atoms with Crippen molar-refractivity contribution in [2.45, 2.75) is 19.6 Å². The van der Waals surface area contributed by atoms with Crippen molar-refractivity contribution in [1.29, 1.82) is 0 Å². The van der Waals surface area contributed by atoms with Gasteiger partial charge in [-0.3, -0.25) is 14.2 Å². The summed E-state index contributed by atoms with van der Waals surface area (Å²) in [6.07, 6.45) is -0.467. The molecule has 8 nitrogen and oxygen atoms in total. The van der Waals surface area contributed by atoms with Crippen molar-refractivity contribution in [2.75, 3.05) is 19.6 Å². The second kappa shape index (κ2) is 7.81. The number of carbonyl (C=O) groups excluding carboxylic acids is 1. The maximum atomic E-state index is 12.3. The molecule has 25 heavy (non-hydrogen) atoms. The number of aliphatic hydroxyl groups excluding tert-OH is 1. The molecule has 2 atom stereocenters. The number of aromatic amines is 1. The Labute approximate surface area is 149 Å². The number of benzene rings is 1. The number of rotatable bonds is 4. The molecule has 1 aliphatic rings. The van der Waals surface area contributed by atoms with Crippen LogP contribution in [0, 0.1) is 5.92 Å². The Morgan fingerprint density at radius 2 is 2.12 bits per heavy atom. The highest BCUT2D eigenvalue weighted by atomic mass is 35.5. The fraction of sp³-hybridized carbons (Fsp3) is 0.438. The molecule has 1 amide bonds. The van der Waals surface area contributed by atoms with Gasteiger partial charge in [-0.05, 0) is 25.1 Å². The van der Waals surface area contributed by atoms with E-state index < -0.39 is 11.8 Å². The van der Waals surface area contributed by atoms with Gasteiger partial charge in [-0.1, -0.05) is 0 Å². The Balaban J connectivity index is 0.00000225. The van der Waals surface area contributed by atoms with E-state index in [1.807, 2.05) is 0 Å². The normalized spacial score (nSPS) is 19.6. The number of H-pyrrole nitrogens is 1. The molecule has 2 heterocycles. The number of amides is 1. The highest BCUT2D eigenvalue weighted by Gasteiger charge is 2.25. The van der Waals surface area contributed by atoms with E-state index in [-0.39, 0.29) is 36.3 Å². The third-order valence-corrected chi connectivity index (χ3v) is 4.39. The van der Waals surface area contributed by atoms with Gasteiger partial charge in [-0.15, -0.1) is 12.4 Å². The van der Waals surface area contributed by atoms with Crippen LogP contribution in [0.15, 0.2) is 27.8 Å². The zero-order chi connectivity index (χ0) is 17.3. The Bertz CT molecular complexity index is 892. The Hall–Kier alpha value is -2.16. The topological polar surface area (TPSA) is 116 Å². The Morgan fingerprint density at radius 1 is 1.36 bits per heavy atom. The minimum atomic E-state index is -0.493. The summed E-state index contributed by atoms with van der Waals surface area (Å²) in [5.41, 5.74) is -0.173. The number of halogens is 1. The van der Waals surface area contributed by atoms with Gasteiger partial charge in [0.05, 0.1) is 17.0 Å². The van der Waals surface area contributed by atoms with Gasteiger partial charge in [0, 0.05) is 37.7 Å². The van der Waals surface area contributed by atoms with Crippen molar-refractivity contribution in [2.24, 2.45) is 5.92 Å². The summed E-state index contributed by atoms with van der Waals surface area (Å²) < 4.78 is 1.11. The molecule has 0 bridgehead atoms. The van der Waals surface area contributed by atoms with Gasteiger partial charge >= 0.3 is 5.69 Å². The maximum absolute atomic E-state index is 12.3. The van der Waals surface area contributed by atoms with Gasteiger partial charge in [0.2, 0.25) is 0 Å². The summed E-state index contributed by atoms with van der Waals surface area (Å²) in [5.74, 6) is -0.331. The van der Waals surface area contributed by atoms with Crippen LogP contribution in [0.5, 0.6) is 0 Å². The average Bonchev–Trinajstić information content (AvgIpc) is 2.97. The molecule has 2 aromatic rings. The highest BCUT2D eigenvalue weighted by Crippen LogP contribution is 2.11. The van der Waals surface area contributed by atoms with E-state index in [1.165, 1.54) is 6.07 Å². The summed E-state index contributed by atoms with van der Waals surface area (Å²) >= 11 is 0. The monoisotopic (exact) mass is 368 g/mol. The molecular formula is C16H21ClN4O4. The quantitative estimate of drug-likeness (QED) is 0.577. The molecule has 0 radical (unpaired) electrons. The molecule has 136 valence electrons. The molecule has 1 saturated heterocycles. The van der Waals surface area contributed by atoms with Crippen LogP contribution in [0.25, 0.3) is 10.9 Å². The number of β-amino-alcohol motifs (C(OH)–C–C–N with tert-alkyl or cyclic N) is 1. The molecule has 2 unspecified atom stereocenters. The van der Waals surface area contributed by atoms with Crippen LogP contribution in [0.1, 0.15) is 17.3 Å². The fourth-order valence-electron chi connectivity index (χ4n) is 2.94. The lowest BCUT2D eigenvalue weighted by atomic mass is 10.1. The zero-order valence-electron chi connectivity index (χ0n) is 13.7. The van der Waals surface area contributed by atoms with Crippen LogP contribution in [0.3, 0.4) is 0 Å². The minimum Gasteiger partial charge on any atom is -0.391 e. The number of nitrogens with zero attached hydrogens (tertiary/aromatic N) is 1. The number of nitrogens with one attached hydrogen (secondary N) is 3. The fourth-order valence-corrected chi connectivity index (χ4v) is 2.94. The van der Waals surface area contributed by atoms with Gasteiger partial charge in [0.25, 0.3) is 11.5 Å². The molecule has 1 aromatic heterocycles. The van der Waals surface area contributed by atoms with E-state index in [4.69, 9.17) is 0 Å². The lowest BCUT2D eigenvalue weighted by molar-refractivity contribution is 0.0927. The molecule has 4 N–H and O–H groups in total. The Morgan fingerprint density at radius 3 is 2.76 bits per heavy atom. The van der Waals surface area contributed by atoms with E-state index in [9.17, 15) is 19.5 Å². The number of carbonyl (C=O) groups is 1. The van der Waals surface area contributed by atoms with Crippen molar-refractivity contribution >= 4 is 29.2 Å². The number of aromatic nitrogens is 2.